The maximum atomic E-state index is 6.11. The lowest BCUT2D eigenvalue weighted by molar-refractivity contribution is 0.414. The highest BCUT2D eigenvalue weighted by Crippen LogP contribution is 2.31. The van der Waals surface area contributed by atoms with Gasteiger partial charge in [-0.3, -0.25) is 0 Å². The van der Waals surface area contributed by atoms with Crippen LogP contribution in [-0.2, 0) is 6.42 Å². The normalized spacial score (nSPS) is 12.1. The Morgan fingerprint density at radius 3 is 2.61 bits per heavy atom. The van der Waals surface area contributed by atoms with Crippen molar-refractivity contribution in [1.82, 2.24) is 4.98 Å². The number of anilines is 1. The molecule has 0 radical (unpaired) electrons. The summed E-state index contributed by atoms with van der Waals surface area (Å²) in [4.78, 5) is 4.48. The van der Waals surface area contributed by atoms with Crippen molar-refractivity contribution in [3.63, 3.8) is 0 Å². The van der Waals surface area contributed by atoms with E-state index in [1.54, 1.807) is 7.11 Å². The molecule has 0 aliphatic heterocycles. The van der Waals surface area contributed by atoms with Crippen LogP contribution < -0.4 is 10.5 Å². The Hall–Kier alpha value is -2.04. The maximum Gasteiger partial charge on any atom is 0.180 e. The first-order valence-electron chi connectivity index (χ1n) is 7.25. The lowest BCUT2D eigenvalue weighted by Gasteiger charge is -2.16. The van der Waals surface area contributed by atoms with Gasteiger partial charge in [-0.25, -0.2) is 4.98 Å². The van der Waals surface area contributed by atoms with E-state index in [2.05, 4.69) is 23.2 Å². The van der Waals surface area contributed by atoms with Crippen LogP contribution in [0.5, 0.6) is 5.75 Å². The van der Waals surface area contributed by atoms with E-state index in [9.17, 15) is 0 Å². The maximum absolute atomic E-state index is 6.11. The van der Waals surface area contributed by atoms with Gasteiger partial charge in [-0.1, -0.05) is 35.9 Å². The zero-order valence-corrected chi connectivity index (χ0v) is 14.3. The van der Waals surface area contributed by atoms with Crippen molar-refractivity contribution in [3.05, 3.63) is 75.8 Å². The molecule has 0 aliphatic carbocycles. The van der Waals surface area contributed by atoms with Gasteiger partial charge in [0, 0.05) is 16.3 Å². The molecule has 3 aromatic rings. The molecule has 0 bridgehead atoms. The van der Waals surface area contributed by atoms with E-state index in [0.717, 1.165) is 22.9 Å². The number of methoxy groups -OCH3 is 1. The Labute approximate surface area is 144 Å². The molecule has 0 amide bonds. The first-order valence-corrected chi connectivity index (χ1v) is 8.51. The lowest BCUT2D eigenvalue weighted by Crippen LogP contribution is -2.06. The smallest absolute Gasteiger partial charge is 0.180 e. The van der Waals surface area contributed by atoms with Crippen molar-refractivity contribution in [1.29, 1.82) is 0 Å². The molecule has 5 heteroatoms. The zero-order chi connectivity index (χ0) is 16.2. The summed E-state index contributed by atoms with van der Waals surface area (Å²) in [6.45, 7) is 0. The van der Waals surface area contributed by atoms with Crippen molar-refractivity contribution in [3.8, 4) is 5.75 Å². The molecule has 0 saturated carbocycles. The lowest BCUT2D eigenvalue weighted by atomic mass is 9.90. The molecule has 0 spiro atoms. The number of nitrogen functional groups attached to an aromatic ring is 1. The number of hydrogen-bond donors (Lipinski definition) is 1. The van der Waals surface area contributed by atoms with Crippen molar-refractivity contribution >= 4 is 28.1 Å². The second-order valence-electron chi connectivity index (χ2n) is 5.27. The number of hydrogen-bond acceptors (Lipinski definition) is 4. The molecule has 3 nitrogen and oxygen atoms in total. The highest BCUT2D eigenvalue weighted by molar-refractivity contribution is 7.13. The first-order chi connectivity index (χ1) is 11.2. The second-order valence-corrected chi connectivity index (χ2v) is 6.60. The first kappa shape index (κ1) is 15.8. The van der Waals surface area contributed by atoms with E-state index in [-0.39, 0.29) is 5.92 Å². The largest absolute Gasteiger partial charge is 0.497 e. The minimum absolute atomic E-state index is 0.132. The number of benzene rings is 2. The Morgan fingerprint density at radius 2 is 2.00 bits per heavy atom. The number of rotatable bonds is 5. The number of ether oxygens (including phenoxy) is 1. The Balaban J connectivity index is 1.95. The predicted molar refractivity (Wildman–Crippen MR) is 96.5 cm³/mol. The molecule has 1 unspecified atom stereocenters. The molecule has 1 atom stereocenters. The van der Waals surface area contributed by atoms with Crippen LogP contribution in [0.1, 0.15) is 22.7 Å². The van der Waals surface area contributed by atoms with Crippen LogP contribution >= 0.6 is 22.9 Å². The third-order valence-electron chi connectivity index (χ3n) is 3.74. The van der Waals surface area contributed by atoms with Gasteiger partial charge in [0.1, 0.15) is 5.75 Å². The summed E-state index contributed by atoms with van der Waals surface area (Å²) in [5.74, 6) is 0.973. The predicted octanol–water partition coefficient (Wildman–Crippen LogP) is 4.76. The molecule has 0 fully saturated rings. The van der Waals surface area contributed by atoms with Crippen molar-refractivity contribution in [2.75, 3.05) is 12.8 Å². The zero-order valence-electron chi connectivity index (χ0n) is 12.7. The van der Waals surface area contributed by atoms with Crippen molar-refractivity contribution in [2.24, 2.45) is 0 Å². The molecule has 3 rings (SSSR count). The Kier molecular flexibility index (Phi) is 4.84. The van der Waals surface area contributed by atoms with Gasteiger partial charge in [0.15, 0.2) is 5.13 Å². The molecule has 0 aliphatic rings. The third-order valence-corrected chi connectivity index (χ3v) is 4.67. The minimum atomic E-state index is 0.132. The quantitative estimate of drug-likeness (QED) is 0.725. The number of thiazole rings is 1. The molecule has 2 N–H and O–H groups in total. The summed E-state index contributed by atoms with van der Waals surface area (Å²) in [5, 5.41) is 3.35. The minimum Gasteiger partial charge on any atom is -0.497 e. The number of halogens is 1. The molecular weight excluding hydrogens is 328 g/mol. The van der Waals surface area contributed by atoms with E-state index in [1.807, 2.05) is 35.7 Å². The molecule has 118 valence electrons. The van der Waals surface area contributed by atoms with Crippen LogP contribution in [0.2, 0.25) is 5.02 Å². The SMILES string of the molecule is COc1ccc(C(Cc2cccc(Cl)c2)c2csc(N)n2)cc1. The summed E-state index contributed by atoms with van der Waals surface area (Å²) < 4.78 is 5.24. The van der Waals surface area contributed by atoms with Crippen LogP contribution in [0.15, 0.2) is 53.9 Å². The molecule has 2 aromatic carbocycles. The summed E-state index contributed by atoms with van der Waals surface area (Å²) in [5.41, 5.74) is 9.16. The highest BCUT2D eigenvalue weighted by atomic mass is 35.5. The molecule has 1 aromatic heterocycles. The van der Waals surface area contributed by atoms with Crippen molar-refractivity contribution in [2.45, 2.75) is 12.3 Å². The standard InChI is InChI=1S/C18H17ClN2OS/c1-22-15-7-5-13(6-8-15)16(17-11-23-18(20)21-17)10-12-3-2-4-14(19)9-12/h2-9,11,16H,10H2,1H3,(H2,20,21). The van der Waals surface area contributed by atoms with Gasteiger partial charge in [-0.05, 0) is 41.8 Å². The van der Waals surface area contributed by atoms with Crippen LogP contribution in [0.3, 0.4) is 0 Å². The topological polar surface area (TPSA) is 48.1 Å². The van der Waals surface area contributed by atoms with Crippen LogP contribution in [-0.4, -0.2) is 12.1 Å². The fourth-order valence-electron chi connectivity index (χ4n) is 2.59. The summed E-state index contributed by atoms with van der Waals surface area (Å²) in [6, 6.07) is 16.0. The average Bonchev–Trinajstić information content (AvgIpc) is 2.99. The number of nitrogens with zero attached hydrogens (tertiary/aromatic N) is 1. The summed E-state index contributed by atoms with van der Waals surface area (Å²) in [7, 11) is 1.67. The highest BCUT2D eigenvalue weighted by Gasteiger charge is 2.18. The van der Waals surface area contributed by atoms with Gasteiger partial charge in [0.25, 0.3) is 0 Å². The molecule has 23 heavy (non-hydrogen) atoms. The van der Waals surface area contributed by atoms with Crippen molar-refractivity contribution < 1.29 is 4.74 Å². The number of nitrogens with two attached hydrogens (primary N) is 1. The van der Waals surface area contributed by atoms with Gasteiger partial charge in [-0.2, -0.15) is 0 Å². The molecule has 1 heterocycles. The fourth-order valence-corrected chi connectivity index (χ4v) is 3.42. The Bertz CT molecular complexity index is 786. The van der Waals surface area contributed by atoms with E-state index < -0.39 is 0 Å². The second kappa shape index (κ2) is 7.02. The van der Waals surface area contributed by atoms with Gasteiger partial charge < -0.3 is 10.5 Å². The van der Waals surface area contributed by atoms with Gasteiger partial charge in [-0.15, -0.1) is 11.3 Å². The Morgan fingerprint density at radius 1 is 1.22 bits per heavy atom. The number of aromatic nitrogens is 1. The molecular formula is C18H17ClN2OS. The van der Waals surface area contributed by atoms with Gasteiger partial charge in [0.2, 0.25) is 0 Å². The van der Waals surface area contributed by atoms with E-state index in [0.29, 0.717) is 5.13 Å². The van der Waals surface area contributed by atoms with Crippen LogP contribution in [0.25, 0.3) is 0 Å². The van der Waals surface area contributed by atoms with Crippen LogP contribution in [0, 0.1) is 0 Å². The van der Waals surface area contributed by atoms with E-state index in [4.69, 9.17) is 22.1 Å². The van der Waals surface area contributed by atoms with Crippen LogP contribution in [0.4, 0.5) is 5.13 Å². The van der Waals surface area contributed by atoms with E-state index >= 15 is 0 Å². The van der Waals surface area contributed by atoms with Gasteiger partial charge >= 0.3 is 0 Å². The third kappa shape index (κ3) is 3.84. The summed E-state index contributed by atoms with van der Waals surface area (Å²) in [6.07, 6.45) is 0.816. The molecule has 0 saturated heterocycles. The van der Waals surface area contributed by atoms with Gasteiger partial charge in [0.05, 0.1) is 12.8 Å². The fraction of sp³-hybridized carbons (Fsp3) is 0.167. The van der Waals surface area contributed by atoms with E-state index in [1.165, 1.54) is 22.5 Å². The monoisotopic (exact) mass is 344 g/mol. The average molecular weight is 345 g/mol. The summed E-state index contributed by atoms with van der Waals surface area (Å²) >= 11 is 7.58.